The Hall–Kier alpha value is -4.56. The Morgan fingerprint density at radius 2 is 1.36 bits per heavy atom. The van der Waals surface area contributed by atoms with E-state index in [0.29, 0.717) is 22.9 Å². The van der Waals surface area contributed by atoms with E-state index in [1.807, 2.05) is 60.0 Å². The molecule has 6 aromatic rings. The quantitative estimate of drug-likeness (QED) is 0.174. The van der Waals surface area contributed by atoms with Gasteiger partial charge in [0.2, 0.25) is 0 Å². The lowest BCUT2D eigenvalue weighted by atomic mass is 10.00. The van der Waals surface area contributed by atoms with Crippen molar-refractivity contribution in [3.05, 3.63) is 90.5 Å². The monoisotopic (exact) mass is 538 g/mol. The minimum absolute atomic E-state index is 0.197. The molecule has 0 aliphatic rings. The van der Waals surface area contributed by atoms with Gasteiger partial charge in [0, 0.05) is 16.8 Å². The second kappa shape index (κ2) is 9.32. The van der Waals surface area contributed by atoms with E-state index in [9.17, 15) is 8.42 Å². The van der Waals surface area contributed by atoms with Crippen molar-refractivity contribution in [1.82, 2.24) is 9.55 Å². The number of hydrogen-bond donors (Lipinski definition) is 0. The normalized spacial score (nSPS) is 11.8. The fraction of sp³-hybridized carbons (Fsp3) is 0.129. The summed E-state index contributed by atoms with van der Waals surface area (Å²) in [6.07, 6.45) is 1.03. The zero-order chi connectivity index (χ0) is 27.3. The third-order valence-corrected chi connectivity index (χ3v) is 7.29. The molecule has 0 unspecified atom stereocenters. The van der Waals surface area contributed by atoms with Crippen LogP contribution in [0.15, 0.2) is 84.9 Å². The van der Waals surface area contributed by atoms with Gasteiger partial charge in [-0.15, -0.1) is 0 Å². The second-order valence-corrected chi connectivity index (χ2v) is 10.9. The number of benzene rings is 5. The molecule has 196 valence electrons. The summed E-state index contributed by atoms with van der Waals surface area (Å²) in [5.41, 5.74) is 3.89. The highest BCUT2D eigenvalue weighted by Crippen LogP contribution is 2.43. The maximum Gasteiger partial charge on any atom is 0.306 e. The molecule has 1 aromatic heterocycles. The molecule has 0 bridgehead atoms. The number of rotatable bonds is 6. The molecule has 5 aromatic carbocycles. The van der Waals surface area contributed by atoms with Gasteiger partial charge in [-0.05, 0) is 41.5 Å². The number of para-hydroxylation sites is 1. The van der Waals surface area contributed by atoms with Crippen LogP contribution in [0.2, 0.25) is 0 Å². The van der Waals surface area contributed by atoms with Crippen LogP contribution in [-0.2, 0) is 10.1 Å². The maximum atomic E-state index is 12.2. The lowest BCUT2D eigenvalue weighted by Crippen LogP contribution is -2.08. The van der Waals surface area contributed by atoms with Crippen LogP contribution in [0, 0.1) is 6.92 Å². The van der Waals surface area contributed by atoms with Crippen LogP contribution in [0.3, 0.4) is 0 Å². The van der Waals surface area contributed by atoms with Crippen LogP contribution in [0.4, 0.5) is 0 Å². The topological polar surface area (TPSA) is 79.7 Å². The van der Waals surface area contributed by atoms with Crippen LogP contribution in [0.1, 0.15) is 5.56 Å². The molecule has 7 nitrogen and oxygen atoms in total. The van der Waals surface area contributed by atoms with Crippen molar-refractivity contribution in [1.29, 1.82) is 0 Å². The van der Waals surface area contributed by atoms with Crippen LogP contribution in [0.25, 0.3) is 49.7 Å². The van der Waals surface area contributed by atoms with Gasteiger partial charge in [0.25, 0.3) is 0 Å². The molecule has 0 fully saturated rings. The van der Waals surface area contributed by atoms with Crippen molar-refractivity contribution in [2.24, 2.45) is 0 Å². The highest BCUT2D eigenvalue weighted by atomic mass is 32.2. The molecule has 0 atom stereocenters. The molecule has 0 amide bonds. The molecule has 0 saturated carbocycles. The highest BCUT2D eigenvalue weighted by Gasteiger charge is 2.24. The smallest absolute Gasteiger partial charge is 0.306 e. The van der Waals surface area contributed by atoms with Gasteiger partial charge in [-0.3, -0.25) is 4.57 Å². The summed E-state index contributed by atoms with van der Waals surface area (Å²) >= 11 is 0. The van der Waals surface area contributed by atoms with Crippen LogP contribution < -0.4 is 13.7 Å². The molecule has 0 radical (unpaired) electrons. The number of imidazole rings is 1. The van der Waals surface area contributed by atoms with Gasteiger partial charge in [0.15, 0.2) is 17.2 Å². The van der Waals surface area contributed by atoms with Crippen LogP contribution in [-0.4, -0.2) is 38.4 Å². The van der Waals surface area contributed by atoms with Gasteiger partial charge in [-0.1, -0.05) is 60.7 Å². The van der Waals surface area contributed by atoms with Crippen LogP contribution >= 0.6 is 0 Å². The van der Waals surface area contributed by atoms with Crippen molar-refractivity contribution in [2.75, 3.05) is 20.5 Å². The first-order valence-corrected chi connectivity index (χ1v) is 14.2. The summed E-state index contributed by atoms with van der Waals surface area (Å²) in [6.45, 7) is 1.96. The average molecular weight is 539 g/mol. The summed E-state index contributed by atoms with van der Waals surface area (Å²) in [7, 11) is -0.569. The number of methoxy groups -OCH3 is 2. The van der Waals surface area contributed by atoms with Crippen molar-refractivity contribution in [3.63, 3.8) is 0 Å². The van der Waals surface area contributed by atoms with E-state index in [4.69, 9.17) is 18.6 Å². The Morgan fingerprint density at radius 3 is 2.03 bits per heavy atom. The molecule has 0 aliphatic carbocycles. The second-order valence-electron chi connectivity index (χ2n) is 9.34. The predicted molar refractivity (Wildman–Crippen MR) is 155 cm³/mol. The van der Waals surface area contributed by atoms with Gasteiger partial charge in [0.1, 0.15) is 5.82 Å². The summed E-state index contributed by atoms with van der Waals surface area (Å²) in [5, 5.41) is 4.18. The Morgan fingerprint density at radius 1 is 0.744 bits per heavy atom. The van der Waals surface area contributed by atoms with E-state index in [0.717, 1.165) is 50.1 Å². The zero-order valence-corrected chi connectivity index (χ0v) is 22.7. The molecule has 0 saturated heterocycles. The highest BCUT2D eigenvalue weighted by molar-refractivity contribution is 7.86. The number of ether oxygens (including phenoxy) is 2. The molecular weight excluding hydrogens is 512 g/mol. The van der Waals surface area contributed by atoms with Gasteiger partial charge in [-0.2, -0.15) is 8.42 Å². The largest absolute Gasteiger partial charge is 0.493 e. The number of fused-ring (bicyclic) bond motifs is 6. The van der Waals surface area contributed by atoms with Crippen molar-refractivity contribution >= 4 is 42.7 Å². The van der Waals surface area contributed by atoms with Crippen molar-refractivity contribution in [2.45, 2.75) is 6.92 Å². The lowest BCUT2D eigenvalue weighted by molar-refractivity contribution is 0.353. The fourth-order valence-electron chi connectivity index (χ4n) is 5.29. The summed E-state index contributed by atoms with van der Waals surface area (Å²) in [5.74, 6) is 1.95. The summed E-state index contributed by atoms with van der Waals surface area (Å²) in [6, 6.07) is 27.3. The molecular formula is C31H26N2O5S. The number of hydrogen-bond acceptors (Lipinski definition) is 6. The first-order chi connectivity index (χ1) is 18.8. The van der Waals surface area contributed by atoms with Gasteiger partial charge in [-0.25, -0.2) is 4.98 Å². The van der Waals surface area contributed by atoms with E-state index < -0.39 is 10.1 Å². The number of aromatic nitrogens is 2. The van der Waals surface area contributed by atoms with Crippen molar-refractivity contribution < 1.29 is 22.1 Å². The molecule has 6 rings (SSSR count). The first kappa shape index (κ1) is 24.8. The lowest BCUT2D eigenvalue weighted by Gasteiger charge is -2.17. The minimum atomic E-state index is -3.78. The molecule has 39 heavy (non-hydrogen) atoms. The summed E-state index contributed by atoms with van der Waals surface area (Å²) in [4.78, 5) is 5.17. The third kappa shape index (κ3) is 4.13. The van der Waals surface area contributed by atoms with E-state index in [1.54, 1.807) is 26.4 Å². The van der Waals surface area contributed by atoms with Gasteiger partial charge >= 0.3 is 10.1 Å². The predicted octanol–water partition coefficient (Wildman–Crippen LogP) is 6.66. The number of aryl methyl sites for hydroxylation is 1. The zero-order valence-electron chi connectivity index (χ0n) is 21.9. The number of nitrogens with zero attached hydrogens (tertiary/aromatic N) is 2. The van der Waals surface area contributed by atoms with Crippen LogP contribution in [0.5, 0.6) is 17.2 Å². The Labute approximate surface area is 226 Å². The minimum Gasteiger partial charge on any atom is -0.493 e. The molecule has 1 heterocycles. The maximum absolute atomic E-state index is 12.2. The first-order valence-electron chi connectivity index (χ1n) is 12.3. The molecule has 0 spiro atoms. The van der Waals surface area contributed by atoms with E-state index in [-0.39, 0.29) is 5.75 Å². The fourth-order valence-corrected chi connectivity index (χ4v) is 5.76. The Bertz CT molecular complexity index is 2010. The van der Waals surface area contributed by atoms with E-state index in [2.05, 4.69) is 24.3 Å². The summed E-state index contributed by atoms with van der Waals surface area (Å²) < 4.78 is 43.1. The molecule has 0 aliphatic heterocycles. The van der Waals surface area contributed by atoms with E-state index >= 15 is 0 Å². The van der Waals surface area contributed by atoms with E-state index in [1.165, 1.54) is 0 Å². The standard InChI is InChI=1S/C31H26N2O5S/c1-19-17-20(18-27(36-2)30(19)37-3)33-29-24-14-8-6-12-22(24)21-11-5-7-13-23(21)28(29)32-31(33)25-15-9-10-16-26(25)38-39(4,34)35/h5-18H,1-4H3. The van der Waals surface area contributed by atoms with Crippen molar-refractivity contribution in [3.8, 4) is 34.3 Å². The molecule has 8 heteroatoms. The van der Waals surface area contributed by atoms with Gasteiger partial charge in [0.05, 0.1) is 42.8 Å². The van der Waals surface area contributed by atoms with Gasteiger partial charge < -0.3 is 13.7 Å². The average Bonchev–Trinajstić information content (AvgIpc) is 3.33. The Kier molecular flexibility index (Phi) is 5.92. The SMILES string of the molecule is COc1cc(-n2c(-c3ccccc3OS(C)(=O)=O)nc3c4ccccc4c4ccccc4c32)cc(C)c1OC. The Balaban J connectivity index is 1.83. The molecule has 0 N–H and O–H groups in total. The third-order valence-electron chi connectivity index (χ3n) is 6.81.